The number of carbonyl (C=O) groups is 2. The maximum absolute atomic E-state index is 13.4. The number of amides is 2. The van der Waals surface area contributed by atoms with E-state index in [1.165, 1.54) is 0 Å². The molecule has 2 aliphatic heterocycles. The maximum Gasteiger partial charge on any atom is 0.233 e. The third kappa shape index (κ3) is 2.84. The van der Waals surface area contributed by atoms with Gasteiger partial charge in [-0.1, -0.05) is 30.3 Å². The molecule has 1 N–H and O–H groups in total. The van der Waals surface area contributed by atoms with E-state index in [0.29, 0.717) is 13.0 Å². The zero-order chi connectivity index (χ0) is 17.5. The second-order valence-electron chi connectivity index (χ2n) is 7.92. The van der Waals surface area contributed by atoms with E-state index in [0.717, 1.165) is 50.9 Å². The van der Waals surface area contributed by atoms with E-state index in [1.54, 1.807) is 0 Å². The molecule has 0 bridgehead atoms. The molecular formula is C20H27N3O2. The fraction of sp³-hybridized carbons (Fsp3) is 0.600. The molecule has 0 aromatic heterocycles. The van der Waals surface area contributed by atoms with Crippen molar-refractivity contribution in [3.63, 3.8) is 0 Å². The SMILES string of the molecule is CN1CCN(C(=O)C2(c3ccccc3)CC2)C[C@]12CCNC(=O)CC2. The number of hydrogen-bond donors (Lipinski definition) is 1. The van der Waals surface area contributed by atoms with Gasteiger partial charge < -0.3 is 10.2 Å². The Morgan fingerprint density at radius 2 is 1.84 bits per heavy atom. The van der Waals surface area contributed by atoms with Crippen LogP contribution in [0.1, 0.15) is 37.7 Å². The zero-order valence-corrected chi connectivity index (χ0v) is 15.0. The summed E-state index contributed by atoms with van der Waals surface area (Å²) >= 11 is 0. The van der Waals surface area contributed by atoms with Crippen molar-refractivity contribution >= 4 is 11.8 Å². The normalized spacial score (nSPS) is 29.2. The number of rotatable bonds is 2. The minimum absolute atomic E-state index is 0.0696. The standard InChI is InChI=1S/C20H27N3O2/c1-22-13-14-23(15-19(22)8-7-17(24)21-12-11-19)18(25)20(9-10-20)16-5-3-2-4-6-16/h2-6H,7-15H2,1H3,(H,21,24)/t19-/m0/s1. The Labute approximate surface area is 149 Å². The summed E-state index contributed by atoms with van der Waals surface area (Å²) < 4.78 is 0. The molecule has 5 nitrogen and oxygen atoms in total. The molecule has 2 heterocycles. The Kier molecular flexibility index (Phi) is 4.07. The fourth-order valence-electron chi connectivity index (χ4n) is 4.58. The van der Waals surface area contributed by atoms with Gasteiger partial charge in [-0.3, -0.25) is 14.5 Å². The van der Waals surface area contributed by atoms with Crippen LogP contribution in [-0.2, 0) is 15.0 Å². The first kappa shape index (κ1) is 16.6. The van der Waals surface area contributed by atoms with Gasteiger partial charge in [-0.25, -0.2) is 0 Å². The first-order chi connectivity index (χ1) is 12.1. The predicted octanol–water partition coefficient (Wildman–Crippen LogP) is 1.53. The predicted molar refractivity (Wildman–Crippen MR) is 96.2 cm³/mol. The summed E-state index contributed by atoms with van der Waals surface area (Å²) in [4.78, 5) is 29.6. The lowest BCUT2D eigenvalue weighted by Gasteiger charge is -2.50. The largest absolute Gasteiger partial charge is 0.356 e. The highest BCUT2D eigenvalue weighted by Crippen LogP contribution is 2.50. The van der Waals surface area contributed by atoms with Crippen molar-refractivity contribution in [1.29, 1.82) is 0 Å². The van der Waals surface area contributed by atoms with Crippen LogP contribution < -0.4 is 5.32 Å². The maximum atomic E-state index is 13.4. The summed E-state index contributed by atoms with van der Waals surface area (Å²) in [5.41, 5.74) is 0.794. The Balaban J connectivity index is 1.55. The summed E-state index contributed by atoms with van der Waals surface area (Å²) in [6.45, 7) is 3.11. The minimum Gasteiger partial charge on any atom is -0.356 e. The average molecular weight is 341 g/mol. The molecular weight excluding hydrogens is 314 g/mol. The molecule has 3 aliphatic rings. The third-order valence-corrected chi connectivity index (χ3v) is 6.50. The van der Waals surface area contributed by atoms with Gasteiger partial charge in [0.2, 0.25) is 11.8 Å². The minimum atomic E-state index is -0.294. The van der Waals surface area contributed by atoms with E-state index in [2.05, 4.69) is 34.3 Å². The van der Waals surface area contributed by atoms with Gasteiger partial charge in [0.15, 0.2) is 0 Å². The molecule has 5 heteroatoms. The van der Waals surface area contributed by atoms with Crippen molar-refractivity contribution in [3.8, 4) is 0 Å². The first-order valence-corrected chi connectivity index (χ1v) is 9.39. The van der Waals surface area contributed by atoms with Gasteiger partial charge >= 0.3 is 0 Å². The van der Waals surface area contributed by atoms with Gasteiger partial charge in [0.1, 0.15) is 0 Å². The van der Waals surface area contributed by atoms with Crippen LogP contribution in [-0.4, -0.2) is 60.4 Å². The van der Waals surface area contributed by atoms with Crippen LogP contribution in [0.4, 0.5) is 0 Å². The smallest absolute Gasteiger partial charge is 0.233 e. The molecule has 0 radical (unpaired) electrons. The van der Waals surface area contributed by atoms with Crippen LogP contribution in [0.3, 0.4) is 0 Å². The van der Waals surface area contributed by atoms with Crippen molar-refractivity contribution < 1.29 is 9.59 Å². The highest BCUT2D eigenvalue weighted by atomic mass is 16.2. The Bertz CT molecular complexity index is 671. The van der Waals surface area contributed by atoms with Gasteiger partial charge in [0.05, 0.1) is 5.41 Å². The van der Waals surface area contributed by atoms with E-state index in [9.17, 15) is 9.59 Å². The van der Waals surface area contributed by atoms with Gasteiger partial charge in [0.25, 0.3) is 0 Å². The number of carbonyl (C=O) groups excluding carboxylic acids is 2. The quantitative estimate of drug-likeness (QED) is 0.888. The molecule has 2 amide bonds. The second kappa shape index (κ2) is 6.13. The molecule has 134 valence electrons. The van der Waals surface area contributed by atoms with Crippen molar-refractivity contribution in [3.05, 3.63) is 35.9 Å². The first-order valence-electron chi connectivity index (χ1n) is 9.39. The van der Waals surface area contributed by atoms with Gasteiger partial charge in [0, 0.05) is 38.1 Å². The highest BCUT2D eigenvalue weighted by molar-refractivity contribution is 5.91. The van der Waals surface area contributed by atoms with Gasteiger partial charge in [-0.2, -0.15) is 0 Å². The number of hydrogen-bond acceptors (Lipinski definition) is 3. The molecule has 1 aliphatic carbocycles. The molecule has 25 heavy (non-hydrogen) atoms. The molecule has 2 saturated heterocycles. The van der Waals surface area contributed by atoms with Gasteiger partial charge in [-0.05, 0) is 38.3 Å². The van der Waals surface area contributed by atoms with E-state index in [1.807, 2.05) is 18.2 Å². The molecule has 4 rings (SSSR count). The molecule has 1 spiro atoms. The number of benzene rings is 1. The van der Waals surface area contributed by atoms with Crippen molar-refractivity contribution in [2.75, 3.05) is 33.2 Å². The summed E-state index contributed by atoms with van der Waals surface area (Å²) in [5.74, 6) is 0.423. The molecule has 1 aromatic rings. The van der Waals surface area contributed by atoms with Crippen LogP contribution in [0.15, 0.2) is 30.3 Å². The lowest BCUT2D eigenvalue weighted by Crippen LogP contribution is -2.63. The Morgan fingerprint density at radius 1 is 1.08 bits per heavy atom. The molecule has 1 atom stereocenters. The van der Waals surface area contributed by atoms with Crippen LogP contribution in [0.25, 0.3) is 0 Å². The van der Waals surface area contributed by atoms with Crippen molar-refractivity contribution in [2.45, 2.75) is 43.1 Å². The van der Waals surface area contributed by atoms with Crippen molar-refractivity contribution in [2.24, 2.45) is 0 Å². The van der Waals surface area contributed by atoms with Crippen molar-refractivity contribution in [1.82, 2.24) is 15.1 Å². The molecule has 1 saturated carbocycles. The van der Waals surface area contributed by atoms with E-state index in [-0.39, 0.29) is 22.8 Å². The average Bonchev–Trinajstić information content (AvgIpc) is 3.45. The lowest BCUT2D eigenvalue weighted by molar-refractivity contribution is -0.139. The van der Waals surface area contributed by atoms with E-state index >= 15 is 0 Å². The monoisotopic (exact) mass is 341 g/mol. The fourth-order valence-corrected chi connectivity index (χ4v) is 4.58. The summed E-state index contributed by atoms with van der Waals surface area (Å²) in [5, 5.41) is 2.98. The van der Waals surface area contributed by atoms with E-state index in [4.69, 9.17) is 0 Å². The van der Waals surface area contributed by atoms with E-state index < -0.39 is 0 Å². The van der Waals surface area contributed by atoms with Crippen LogP contribution >= 0.6 is 0 Å². The van der Waals surface area contributed by atoms with Crippen LogP contribution in [0, 0.1) is 0 Å². The lowest BCUT2D eigenvalue weighted by atomic mass is 9.85. The topological polar surface area (TPSA) is 52.6 Å². The number of likely N-dealkylation sites (N-methyl/N-ethyl adjacent to an activating group) is 1. The number of piperazine rings is 1. The summed E-state index contributed by atoms with van der Waals surface area (Å²) in [6.07, 6.45) is 4.20. The second-order valence-corrected chi connectivity index (χ2v) is 7.92. The highest BCUT2D eigenvalue weighted by Gasteiger charge is 2.54. The molecule has 1 aromatic carbocycles. The van der Waals surface area contributed by atoms with Crippen LogP contribution in [0.2, 0.25) is 0 Å². The van der Waals surface area contributed by atoms with Crippen LogP contribution in [0.5, 0.6) is 0 Å². The zero-order valence-electron chi connectivity index (χ0n) is 15.0. The Hall–Kier alpha value is -1.88. The number of nitrogens with one attached hydrogen (secondary N) is 1. The number of nitrogens with zero attached hydrogens (tertiary/aromatic N) is 2. The Morgan fingerprint density at radius 3 is 2.56 bits per heavy atom. The summed E-state index contributed by atoms with van der Waals surface area (Å²) in [6, 6.07) is 10.2. The molecule has 3 fully saturated rings. The van der Waals surface area contributed by atoms with Gasteiger partial charge in [-0.15, -0.1) is 0 Å². The molecule has 0 unspecified atom stereocenters. The third-order valence-electron chi connectivity index (χ3n) is 6.50. The summed E-state index contributed by atoms with van der Waals surface area (Å²) in [7, 11) is 2.14.